The third kappa shape index (κ3) is 12.7. The number of fused-ring (bicyclic) bond motifs is 3. The van der Waals surface area contributed by atoms with Gasteiger partial charge in [-0.3, -0.25) is 28.7 Å². The maximum absolute atomic E-state index is 14.1. The summed E-state index contributed by atoms with van der Waals surface area (Å²) in [5.74, 6) is 0.436. The first-order valence-corrected chi connectivity index (χ1v) is 28.5. The Bertz CT molecular complexity index is 3120. The fourth-order valence-electron chi connectivity index (χ4n) is 10.6. The van der Waals surface area contributed by atoms with Crippen LogP contribution in [0.1, 0.15) is 127 Å². The zero-order valence-corrected chi connectivity index (χ0v) is 47.5. The minimum absolute atomic E-state index is 0.00430. The Morgan fingerprint density at radius 3 is 2.27 bits per heavy atom. The zero-order chi connectivity index (χ0) is 54.7. The first kappa shape index (κ1) is 55.6. The minimum Gasteiger partial charge on any atom is -0.391 e. The summed E-state index contributed by atoms with van der Waals surface area (Å²) in [4.78, 5) is 70.4. The number of thiazole rings is 1. The third-order valence-corrected chi connectivity index (χ3v) is 17.5. The number of carbonyl (C=O) groups excluding carboxylic acids is 4. The summed E-state index contributed by atoms with van der Waals surface area (Å²) < 4.78 is 7.91. The fraction of sp³-hybridized carbons (Fsp3) is 0.448. The van der Waals surface area contributed by atoms with E-state index in [1.54, 1.807) is 22.7 Å². The highest BCUT2D eigenvalue weighted by atomic mass is 35.5. The minimum atomic E-state index is -0.946. The molecule has 19 heteroatoms. The molecule has 0 radical (unpaired) electrons. The molecule has 4 amide bonds. The lowest BCUT2D eigenvalue weighted by Gasteiger charge is -2.35. The van der Waals surface area contributed by atoms with E-state index in [0.29, 0.717) is 29.9 Å². The maximum Gasteiger partial charge on any atom is 0.246 e. The normalized spacial score (nSPS) is 18.7. The van der Waals surface area contributed by atoms with Crippen LogP contribution in [0.15, 0.2) is 83.3 Å². The highest BCUT2D eigenvalue weighted by molar-refractivity contribution is 7.15. The van der Waals surface area contributed by atoms with Gasteiger partial charge in [0, 0.05) is 47.1 Å². The van der Waals surface area contributed by atoms with Crippen molar-refractivity contribution in [1.82, 2.24) is 45.5 Å². The molecule has 0 bridgehead atoms. The quantitative estimate of drug-likeness (QED) is 0.0643. The van der Waals surface area contributed by atoms with Gasteiger partial charge in [-0.15, -0.1) is 32.9 Å². The summed E-state index contributed by atoms with van der Waals surface area (Å²) in [5.41, 5.74) is 10.2. The summed E-state index contributed by atoms with van der Waals surface area (Å²) in [6.07, 6.45) is 1.29. The van der Waals surface area contributed by atoms with Crippen LogP contribution >= 0.6 is 34.3 Å². The predicted octanol–water partition coefficient (Wildman–Crippen LogP) is 8.50. The van der Waals surface area contributed by atoms with Gasteiger partial charge in [0.05, 0.1) is 47.0 Å². The summed E-state index contributed by atoms with van der Waals surface area (Å²) in [6.45, 7) is 18.5. The monoisotopic (exact) mass is 1100 g/mol. The molecule has 2 saturated heterocycles. The van der Waals surface area contributed by atoms with E-state index >= 15 is 0 Å². The number of thiophene rings is 1. The molecule has 9 rings (SSSR count). The molecule has 1 unspecified atom stereocenters. The molecule has 6 aromatic rings. The number of aromatic nitrogens is 4. The second kappa shape index (κ2) is 23.8. The average Bonchev–Trinajstić information content (AvgIpc) is 4.31. The molecule has 3 aliphatic rings. The van der Waals surface area contributed by atoms with E-state index in [4.69, 9.17) is 21.3 Å². The number of nitrogens with zero attached hydrogens (tertiary/aromatic N) is 7. The van der Waals surface area contributed by atoms with Crippen LogP contribution in [-0.2, 0) is 30.5 Å². The number of rotatable bonds is 17. The van der Waals surface area contributed by atoms with Crippen molar-refractivity contribution in [2.24, 2.45) is 10.4 Å². The van der Waals surface area contributed by atoms with Crippen LogP contribution in [0.25, 0.3) is 15.4 Å². The Labute approximate surface area is 463 Å². The number of hydrogen-bond acceptors (Lipinski definition) is 13. The van der Waals surface area contributed by atoms with Crippen molar-refractivity contribution in [3.8, 4) is 15.4 Å². The van der Waals surface area contributed by atoms with Gasteiger partial charge in [0.1, 0.15) is 35.6 Å². The van der Waals surface area contributed by atoms with Gasteiger partial charge in [-0.05, 0) is 112 Å². The molecule has 6 heterocycles. The zero-order valence-electron chi connectivity index (χ0n) is 45.1. The fourth-order valence-corrected chi connectivity index (χ4v) is 12.7. The lowest BCUT2D eigenvalue weighted by atomic mass is 9.85. The van der Waals surface area contributed by atoms with Gasteiger partial charge in [0.25, 0.3) is 0 Å². The number of carbonyl (C=O) groups is 4. The van der Waals surface area contributed by atoms with Crippen LogP contribution < -0.4 is 16.0 Å². The lowest BCUT2D eigenvalue weighted by molar-refractivity contribution is -0.144. The summed E-state index contributed by atoms with van der Waals surface area (Å²) in [5, 5.41) is 30.3. The topological polar surface area (TPSA) is 196 Å². The van der Waals surface area contributed by atoms with Crippen LogP contribution in [0.3, 0.4) is 0 Å². The number of ether oxygens (including phenoxy) is 1. The van der Waals surface area contributed by atoms with Crippen molar-refractivity contribution in [2.45, 2.75) is 124 Å². The summed E-state index contributed by atoms with van der Waals surface area (Å²) >= 11 is 9.55. The van der Waals surface area contributed by atoms with Gasteiger partial charge in [-0.2, -0.15) is 0 Å². The number of aryl methyl sites for hydroxylation is 3. The van der Waals surface area contributed by atoms with E-state index in [1.807, 2.05) is 95.6 Å². The first-order valence-electron chi connectivity index (χ1n) is 26.4. The van der Waals surface area contributed by atoms with Crippen molar-refractivity contribution in [3.63, 3.8) is 0 Å². The molecule has 3 aromatic carbocycles. The number of aliphatic hydroxyl groups excluding tert-OH is 1. The number of halogens is 1. The van der Waals surface area contributed by atoms with E-state index in [0.717, 1.165) is 86.4 Å². The number of aliphatic imine (C=N–C) groups is 1. The molecule has 406 valence electrons. The van der Waals surface area contributed by atoms with Crippen LogP contribution in [-0.4, -0.2) is 122 Å². The highest BCUT2D eigenvalue weighted by Gasteiger charge is 2.44. The molecule has 2 fully saturated rings. The van der Waals surface area contributed by atoms with Crippen molar-refractivity contribution in [1.29, 1.82) is 0 Å². The van der Waals surface area contributed by atoms with Gasteiger partial charge in [-0.25, -0.2) is 4.98 Å². The number of amides is 4. The Hall–Kier alpha value is -6.15. The van der Waals surface area contributed by atoms with E-state index in [-0.39, 0.29) is 50.4 Å². The second-order valence-corrected chi connectivity index (χ2v) is 24.2. The van der Waals surface area contributed by atoms with Crippen LogP contribution in [0, 0.1) is 33.1 Å². The maximum atomic E-state index is 14.1. The molecule has 0 saturated carbocycles. The number of benzene rings is 3. The van der Waals surface area contributed by atoms with Crippen molar-refractivity contribution >= 4 is 63.6 Å². The van der Waals surface area contributed by atoms with E-state index in [2.05, 4.69) is 78.7 Å². The standard InChI is InChI=1S/C58H69ClN10O6S2/c1-33-36(4)77-57-50(33)51(42-17-19-44(59)20-18-42)63-46(54-66-65-37(5)69(54)57)28-48(71)62-34(2)39-13-15-40(16-14-39)41-21-23-67(24-22-41)25-26-75-31-49(72)64-53(58(6,7)8)56(74)68-30-45(70)27-47(68)55(73)60-29-38-9-11-43(12-10-38)52-35(3)61-32-76-52/h9-20,32,34,41,45-47,53,70H,21-31H2,1-8H3,(H,60,73)(H,62,71)(H,64,72)/t34-,45+,46-,47-,53?/m0/s1. The third-order valence-electron chi connectivity index (χ3n) is 15.1. The smallest absolute Gasteiger partial charge is 0.246 e. The predicted molar refractivity (Wildman–Crippen MR) is 302 cm³/mol. The average molecular weight is 1100 g/mol. The molecule has 77 heavy (non-hydrogen) atoms. The summed E-state index contributed by atoms with van der Waals surface area (Å²) in [6, 6.07) is 21.5. The molecule has 16 nitrogen and oxygen atoms in total. The van der Waals surface area contributed by atoms with Gasteiger partial charge in [0.15, 0.2) is 5.82 Å². The van der Waals surface area contributed by atoms with E-state index in [1.165, 1.54) is 15.3 Å². The van der Waals surface area contributed by atoms with Crippen molar-refractivity contribution < 1.29 is 29.0 Å². The molecule has 5 atom stereocenters. The Balaban J connectivity index is 0.718. The largest absolute Gasteiger partial charge is 0.391 e. The molecule has 0 spiro atoms. The number of hydrogen-bond donors (Lipinski definition) is 4. The Morgan fingerprint density at radius 1 is 0.896 bits per heavy atom. The second-order valence-electron chi connectivity index (χ2n) is 21.7. The number of aliphatic hydroxyl groups is 1. The lowest BCUT2D eigenvalue weighted by Crippen LogP contribution is -2.58. The number of β-amino-alcohol motifs (C(OH)–C–C–N with tert-alkyl or cyclic N) is 1. The molecular weight excluding hydrogens is 1030 g/mol. The van der Waals surface area contributed by atoms with Gasteiger partial charge in [0.2, 0.25) is 23.6 Å². The number of nitrogens with one attached hydrogen (secondary N) is 3. The Kier molecular flexibility index (Phi) is 17.2. The van der Waals surface area contributed by atoms with Gasteiger partial charge >= 0.3 is 0 Å². The van der Waals surface area contributed by atoms with E-state index in [9.17, 15) is 24.3 Å². The number of likely N-dealkylation sites (tertiary alicyclic amines) is 2. The van der Waals surface area contributed by atoms with Crippen molar-refractivity contribution in [2.75, 3.05) is 39.4 Å². The van der Waals surface area contributed by atoms with Crippen molar-refractivity contribution in [3.05, 3.63) is 139 Å². The molecule has 3 aromatic heterocycles. The van der Waals surface area contributed by atoms with Gasteiger partial charge < -0.3 is 35.6 Å². The molecule has 0 aliphatic carbocycles. The molecular formula is C58H69ClN10O6S2. The number of piperidine rings is 1. The molecule has 4 N–H and O–H groups in total. The highest BCUT2D eigenvalue weighted by Crippen LogP contribution is 2.40. The first-order chi connectivity index (χ1) is 36.8. The van der Waals surface area contributed by atoms with Crippen LogP contribution in [0.4, 0.5) is 0 Å². The molecule has 3 aliphatic heterocycles. The Morgan fingerprint density at radius 2 is 1.60 bits per heavy atom. The summed E-state index contributed by atoms with van der Waals surface area (Å²) in [7, 11) is 0. The SMILES string of the molecule is Cc1ncsc1-c1ccc(CNC(=O)[C@@H]2C[C@@H](O)CN2C(=O)C(NC(=O)COCCN2CCC(c3ccc([C@H](C)NC(=O)C[C@@H]4N=C(c5ccc(Cl)cc5)c5c(sc(C)c5C)-n5c(C)nnc54)cc3)CC2)C(C)(C)C)cc1. The van der Waals surface area contributed by atoms with Crippen LogP contribution in [0.5, 0.6) is 0 Å². The van der Waals surface area contributed by atoms with Gasteiger partial charge in [-0.1, -0.05) is 93.0 Å². The van der Waals surface area contributed by atoms with E-state index < -0.39 is 41.5 Å². The van der Waals surface area contributed by atoms with Crippen LogP contribution in [0.2, 0.25) is 5.02 Å².